The number of rotatable bonds is 13. The van der Waals surface area contributed by atoms with E-state index in [0.29, 0.717) is 12.0 Å². The smallest absolute Gasteiger partial charge is 0.333 e. The van der Waals surface area contributed by atoms with Crippen LogP contribution in [0.5, 0.6) is 0 Å². The van der Waals surface area contributed by atoms with E-state index in [1.807, 2.05) is 0 Å². The van der Waals surface area contributed by atoms with Crippen molar-refractivity contribution in [3.8, 4) is 0 Å². The van der Waals surface area contributed by atoms with E-state index in [1.165, 1.54) is 26.2 Å². The van der Waals surface area contributed by atoms with E-state index in [1.54, 1.807) is 19.9 Å². The molecule has 0 aliphatic heterocycles. The molecule has 6 heteroatoms. The highest BCUT2D eigenvalue weighted by Gasteiger charge is 2.19. The molecule has 0 fully saturated rings. The van der Waals surface area contributed by atoms with Gasteiger partial charge >= 0.3 is 17.9 Å². The number of ether oxygens (including phenoxy) is 3. The molecule has 144 valence electrons. The molecule has 0 rings (SSSR count). The molecule has 0 unspecified atom stereocenters. The maximum atomic E-state index is 11.8. The van der Waals surface area contributed by atoms with Crippen LogP contribution in [0.4, 0.5) is 0 Å². The van der Waals surface area contributed by atoms with Crippen LogP contribution in [0.15, 0.2) is 11.6 Å². The van der Waals surface area contributed by atoms with E-state index < -0.39 is 18.0 Å². The average Bonchev–Trinajstić information content (AvgIpc) is 2.59. The summed E-state index contributed by atoms with van der Waals surface area (Å²) in [5.74, 6) is -1.34. The minimum absolute atomic E-state index is 0.120. The number of hydrogen-bond donors (Lipinski definition) is 0. The molecule has 0 aromatic heterocycles. The van der Waals surface area contributed by atoms with E-state index >= 15 is 0 Å². The Morgan fingerprint density at radius 1 is 0.920 bits per heavy atom. The fourth-order valence-electron chi connectivity index (χ4n) is 2.00. The Labute approximate surface area is 150 Å². The van der Waals surface area contributed by atoms with Crippen LogP contribution in [0.3, 0.4) is 0 Å². The highest BCUT2D eigenvalue weighted by atomic mass is 16.6. The van der Waals surface area contributed by atoms with Crippen LogP contribution in [-0.2, 0) is 28.6 Å². The van der Waals surface area contributed by atoms with Gasteiger partial charge in [0, 0.05) is 18.9 Å². The standard InChI is InChI=1S/C19H32O6/c1-5-7-8-9-10-11-12-18(21)24-14-17(13-23-16(4)20)25-19(22)15(3)6-2/h6,17H,5,7-14H2,1-4H3/b15-6-/t17-/m0/s1. The van der Waals surface area contributed by atoms with Gasteiger partial charge in [-0.1, -0.05) is 45.1 Å². The molecule has 0 saturated carbocycles. The third-order valence-corrected chi connectivity index (χ3v) is 3.67. The van der Waals surface area contributed by atoms with Gasteiger partial charge in [-0.25, -0.2) is 4.79 Å². The lowest BCUT2D eigenvalue weighted by Gasteiger charge is -2.18. The predicted molar refractivity (Wildman–Crippen MR) is 94.9 cm³/mol. The molecule has 0 aromatic carbocycles. The molecule has 0 aliphatic carbocycles. The maximum Gasteiger partial charge on any atom is 0.333 e. The molecular weight excluding hydrogens is 324 g/mol. The molecule has 0 radical (unpaired) electrons. The van der Waals surface area contributed by atoms with Gasteiger partial charge in [-0.2, -0.15) is 0 Å². The molecule has 25 heavy (non-hydrogen) atoms. The Bertz CT molecular complexity index is 441. The van der Waals surface area contributed by atoms with Crippen LogP contribution in [-0.4, -0.2) is 37.2 Å². The fraction of sp³-hybridized carbons (Fsp3) is 0.737. The van der Waals surface area contributed by atoms with Gasteiger partial charge in [-0.15, -0.1) is 0 Å². The minimum Gasteiger partial charge on any atom is -0.462 e. The summed E-state index contributed by atoms with van der Waals surface area (Å²) in [6.45, 7) is 6.51. The molecule has 1 atom stereocenters. The number of unbranched alkanes of at least 4 members (excludes halogenated alkanes) is 5. The SMILES string of the molecule is C/C=C(/C)C(=O)O[C@@H](COC(C)=O)COC(=O)CCCCCCCC. The number of carbonyl (C=O) groups is 3. The quantitative estimate of drug-likeness (QED) is 0.217. The van der Waals surface area contributed by atoms with Crippen molar-refractivity contribution in [3.63, 3.8) is 0 Å². The molecule has 0 saturated heterocycles. The van der Waals surface area contributed by atoms with Crippen LogP contribution in [0.25, 0.3) is 0 Å². The highest BCUT2D eigenvalue weighted by Crippen LogP contribution is 2.08. The monoisotopic (exact) mass is 356 g/mol. The first-order valence-electron chi connectivity index (χ1n) is 9.03. The summed E-state index contributed by atoms with van der Waals surface area (Å²) in [5, 5.41) is 0. The topological polar surface area (TPSA) is 78.9 Å². The number of allylic oxidation sites excluding steroid dienone is 1. The van der Waals surface area contributed by atoms with Gasteiger partial charge < -0.3 is 14.2 Å². The zero-order valence-corrected chi connectivity index (χ0v) is 16.0. The third kappa shape index (κ3) is 13.2. The van der Waals surface area contributed by atoms with Crippen LogP contribution in [0.1, 0.15) is 72.6 Å². The zero-order valence-electron chi connectivity index (χ0n) is 16.0. The summed E-state index contributed by atoms with van der Waals surface area (Å²) >= 11 is 0. The predicted octanol–water partition coefficient (Wildman–Crippen LogP) is 3.72. The second-order valence-electron chi connectivity index (χ2n) is 6.00. The van der Waals surface area contributed by atoms with Gasteiger partial charge in [0.1, 0.15) is 13.2 Å². The molecule has 0 spiro atoms. The summed E-state index contributed by atoms with van der Waals surface area (Å²) < 4.78 is 15.2. The molecular formula is C19H32O6. The second-order valence-corrected chi connectivity index (χ2v) is 6.00. The number of hydrogen-bond acceptors (Lipinski definition) is 6. The normalized spacial score (nSPS) is 12.4. The maximum absolute atomic E-state index is 11.8. The van der Waals surface area contributed by atoms with Crippen LogP contribution in [0.2, 0.25) is 0 Å². The summed E-state index contributed by atoms with van der Waals surface area (Å²) in [6.07, 6.45) is 7.67. The van der Waals surface area contributed by atoms with Crippen LogP contribution < -0.4 is 0 Å². The van der Waals surface area contributed by atoms with Crippen molar-refractivity contribution in [1.82, 2.24) is 0 Å². The van der Waals surface area contributed by atoms with E-state index in [9.17, 15) is 14.4 Å². The first kappa shape index (κ1) is 23.1. The third-order valence-electron chi connectivity index (χ3n) is 3.67. The number of esters is 3. The lowest BCUT2D eigenvalue weighted by Crippen LogP contribution is -2.30. The second kappa shape index (κ2) is 14.5. The van der Waals surface area contributed by atoms with Gasteiger partial charge in [-0.05, 0) is 20.3 Å². The highest BCUT2D eigenvalue weighted by molar-refractivity contribution is 5.87. The van der Waals surface area contributed by atoms with Crippen molar-refractivity contribution >= 4 is 17.9 Å². The first-order valence-corrected chi connectivity index (χ1v) is 9.03. The summed E-state index contributed by atoms with van der Waals surface area (Å²) in [6, 6.07) is 0. The van der Waals surface area contributed by atoms with E-state index in [4.69, 9.17) is 14.2 Å². The Morgan fingerprint density at radius 2 is 1.52 bits per heavy atom. The minimum atomic E-state index is -0.806. The first-order chi connectivity index (χ1) is 11.9. The van der Waals surface area contributed by atoms with Gasteiger partial charge in [0.05, 0.1) is 0 Å². The molecule has 0 bridgehead atoms. The van der Waals surface area contributed by atoms with E-state index in [2.05, 4.69) is 6.92 Å². The zero-order chi connectivity index (χ0) is 19.1. The van der Waals surface area contributed by atoms with Gasteiger partial charge in [-0.3, -0.25) is 9.59 Å². The van der Waals surface area contributed by atoms with Crippen LogP contribution >= 0.6 is 0 Å². The van der Waals surface area contributed by atoms with Crippen molar-refractivity contribution in [1.29, 1.82) is 0 Å². The van der Waals surface area contributed by atoms with E-state index in [-0.39, 0.29) is 19.2 Å². The van der Waals surface area contributed by atoms with Crippen molar-refractivity contribution < 1.29 is 28.6 Å². The lowest BCUT2D eigenvalue weighted by molar-refractivity contribution is -0.163. The Morgan fingerprint density at radius 3 is 2.12 bits per heavy atom. The molecule has 0 N–H and O–H groups in total. The summed E-state index contributed by atoms with van der Waals surface area (Å²) in [7, 11) is 0. The lowest BCUT2D eigenvalue weighted by atomic mass is 10.1. The molecule has 6 nitrogen and oxygen atoms in total. The average molecular weight is 356 g/mol. The van der Waals surface area contributed by atoms with Crippen molar-refractivity contribution in [2.45, 2.75) is 78.7 Å². The van der Waals surface area contributed by atoms with E-state index in [0.717, 1.165) is 19.3 Å². The molecule has 0 aliphatic rings. The van der Waals surface area contributed by atoms with Gasteiger partial charge in [0.15, 0.2) is 6.10 Å². The summed E-state index contributed by atoms with van der Waals surface area (Å²) in [5.41, 5.74) is 0.436. The van der Waals surface area contributed by atoms with Crippen LogP contribution in [0, 0.1) is 0 Å². The number of carbonyl (C=O) groups excluding carboxylic acids is 3. The molecule has 0 aromatic rings. The van der Waals surface area contributed by atoms with Crippen molar-refractivity contribution in [2.75, 3.05) is 13.2 Å². The largest absolute Gasteiger partial charge is 0.462 e. The van der Waals surface area contributed by atoms with Crippen molar-refractivity contribution in [3.05, 3.63) is 11.6 Å². The van der Waals surface area contributed by atoms with Crippen molar-refractivity contribution in [2.24, 2.45) is 0 Å². The molecule has 0 heterocycles. The Balaban J connectivity index is 4.20. The molecule has 0 amide bonds. The van der Waals surface area contributed by atoms with Gasteiger partial charge in [0.25, 0.3) is 0 Å². The van der Waals surface area contributed by atoms with Gasteiger partial charge in [0.2, 0.25) is 0 Å². The summed E-state index contributed by atoms with van der Waals surface area (Å²) in [4.78, 5) is 34.5. The Hall–Kier alpha value is -1.85. The Kier molecular flexibility index (Phi) is 13.4. The fourth-order valence-corrected chi connectivity index (χ4v) is 2.00.